The van der Waals surface area contributed by atoms with E-state index >= 15 is 0 Å². The first-order valence-corrected chi connectivity index (χ1v) is 8.52. The molecule has 1 heterocycles. The summed E-state index contributed by atoms with van der Waals surface area (Å²) in [7, 11) is 0. The molecule has 1 aromatic rings. The number of rotatable bonds is 6. The maximum atomic E-state index is 4.35. The molecule has 0 aromatic carbocycles. The lowest BCUT2D eigenvalue weighted by atomic mass is 9.84. The van der Waals surface area contributed by atoms with E-state index < -0.39 is 0 Å². The number of nitrogens with one attached hydrogen (secondary N) is 1. The van der Waals surface area contributed by atoms with E-state index in [2.05, 4.69) is 22.6 Å². The largest absolute Gasteiger partial charge is 0.313 e. The molecular weight excluding hydrogens is 248 g/mol. The van der Waals surface area contributed by atoms with Gasteiger partial charge in [0.25, 0.3) is 0 Å². The number of thioether (sulfide) groups is 1. The Kier molecular flexibility index (Phi) is 5.81. The second-order valence-corrected chi connectivity index (χ2v) is 6.83. The van der Waals surface area contributed by atoms with Gasteiger partial charge in [-0.25, -0.2) is 4.98 Å². The van der Waals surface area contributed by atoms with Gasteiger partial charge < -0.3 is 5.32 Å². The molecule has 1 N–H and O–H groups in total. The smallest absolute Gasteiger partial charge is 0.149 e. The fourth-order valence-electron chi connectivity index (χ4n) is 2.60. The van der Waals surface area contributed by atoms with Crippen LogP contribution in [0.25, 0.3) is 0 Å². The van der Waals surface area contributed by atoms with Crippen molar-refractivity contribution < 1.29 is 0 Å². The Hall–Kier alpha value is -0.0600. The summed E-state index contributed by atoms with van der Waals surface area (Å²) in [6, 6.07) is 0.675. The van der Waals surface area contributed by atoms with Crippen LogP contribution in [0.1, 0.15) is 39.0 Å². The summed E-state index contributed by atoms with van der Waals surface area (Å²) in [5.41, 5.74) is 0. The molecule has 1 fully saturated rings. The summed E-state index contributed by atoms with van der Waals surface area (Å²) in [6.07, 6.45) is 9.01. The quantitative estimate of drug-likeness (QED) is 0.796. The average molecular weight is 270 g/mol. The Balaban J connectivity index is 1.82. The van der Waals surface area contributed by atoms with E-state index in [1.807, 2.05) is 18.0 Å². The van der Waals surface area contributed by atoms with Crippen LogP contribution in [0.2, 0.25) is 0 Å². The van der Waals surface area contributed by atoms with E-state index in [1.54, 1.807) is 11.3 Å². The molecular formula is C13H22N2S2. The van der Waals surface area contributed by atoms with Crippen LogP contribution in [0.4, 0.5) is 0 Å². The second kappa shape index (κ2) is 7.39. The molecule has 0 amide bonds. The van der Waals surface area contributed by atoms with Crippen LogP contribution in [-0.2, 0) is 0 Å². The van der Waals surface area contributed by atoms with Crippen molar-refractivity contribution in [2.45, 2.75) is 49.4 Å². The van der Waals surface area contributed by atoms with Gasteiger partial charge >= 0.3 is 0 Å². The summed E-state index contributed by atoms with van der Waals surface area (Å²) in [4.78, 5) is 4.35. The zero-order valence-electron chi connectivity index (χ0n) is 10.5. The topological polar surface area (TPSA) is 24.9 Å². The van der Waals surface area contributed by atoms with E-state index in [4.69, 9.17) is 0 Å². The van der Waals surface area contributed by atoms with Gasteiger partial charge in [0, 0.05) is 23.4 Å². The van der Waals surface area contributed by atoms with E-state index in [0.717, 1.165) is 12.5 Å². The Bertz CT molecular complexity index is 294. The van der Waals surface area contributed by atoms with Crippen molar-refractivity contribution in [3.05, 3.63) is 11.6 Å². The molecule has 1 saturated carbocycles. The van der Waals surface area contributed by atoms with Crippen molar-refractivity contribution in [1.82, 2.24) is 10.3 Å². The first-order valence-electron chi connectivity index (χ1n) is 6.66. The van der Waals surface area contributed by atoms with Crippen molar-refractivity contribution in [3.8, 4) is 0 Å². The molecule has 4 heteroatoms. The van der Waals surface area contributed by atoms with Gasteiger partial charge in [0.15, 0.2) is 0 Å². The monoisotopic (exact) mass is 270 g/mol. The fraction of sp³-hybridized carbons (Fsp3) is 0.769. The maximum Gasteiger partial charge on any atom is 0.149 e. The molecule has 0 aliphatic heterocycles. The standard InChI is InChI=1S/C13H22N2S2/c1-2-14-12(11-6-4-3-5-7-11)10-17-13-15-8-9-16-13/h8-9,11-12,14H,2-7,10H2,1H3. The molecule has 1 aromatic heterocycles. The lowest BCUT2D eigenvalue weighted by Crippen LogP contribution is -2.39. The number of nitrogens with zero attached hydrogens (tertiary/aromatic N) is 1. The predicted molar refractivity (Wildman–Crippen MR) is 76.9 cm³/mol. The summed E-state index contributed by atoms with van der Waals surface area (Å²) >= 11 is 3.67. The highest BCUT2D eigenvalue weighted by atomic mass is 32.2. The van der Waals surface area contributed by atoms with Gasteiger partial charge in [0.05, 0.1) is 0 Å². The van der Waals surface area contributed by atoms with Gasteiger partial charge in [-0.05, 0) is 25.3 Å². The highest BCUT2D eigenvalue weighted by molar-refractivity contribution is 8.01. The Labute approximate surface area is 113 Å². The number of hydrogen-bond donors (Lipinski definition) is 1. The van der Waals surface area contributed by atoms with E-state index in [0.29, 0.717) is 6.04 Å². The number of hydrogen-bond acceptors (Lipinski definition) is 4. The van der Waals surface area contributed by atoms with Gasteiger partial charge in [0.1, 0.15) is 4.34 Å². The summed E-state index contributed by atoms with van der Waals surface area (Å²) in [5.74, 6) is 2.06. The van der Waals surface area contributed by atoms with Gasteiger partial charge in [-0.1, -0.05) is 37.9 Å². The predicted octanol–water partition coefficient (Wildman–Crippen LogP) is 3.79. The molecule has 2 rings (SSSR count). The first kappa shape index (κ1) is 13.4. The van der Waals surface area contributed by atoms with Crippen LogP contribution >= 0.6 is 23.1 Å². The summed E-state index contributed by atoms with van der Waals surface area (Å²) in [6.45, 7) is 3.30. The Morgan fingerprint density at radius 2 is 2.29 bits per heavy atom. The molecule has 1 unspecified atom stereocenters. The van der Waals surface area contributed by atoms with Crippen molar-refractivity contribution >= 4 is 23.1 Å². The zero-order chi connectivity index (χ0) is 11.9. The van der Waals surface area contributed by atoms with Crippen molar-refractivity contribution in [2.75, 3.05) is 12.3 Å². The molecule has 96 valence electrons. The van der Waals surface area contributed by atoms with Crippen molar-refractivity contribution in [2.24, 2.45) is 5.92 Å². The lowest BCUT2D eigenvalue weighted by Gasteiger charge is -2.30. The molecule has 0 spiro atoms. The third kappa shape index (κ3) is 4.27. The van der Waals surface area contributed by atoms with Crippen LogP contribution in [-0.4, -0.2) is 23.3 Å². The zero-order valence-corrected chi connectivity index (χ0v) is 12.2. The van der Waals surface area contributed by atoms with Gasteiger partial charge in [-0.15, -0.1) is 11.3 Å². The van der Waals surface area contributed by atoms with E-state index in [9.17, 15) is 0 Å². The van der Waals surface area contributed by atoms with Crippen LogP contribution < -0.4 is 5.32 Å². The molecule has 1 aliphatic carbocycles. The molecule has 1 aliphatic rings. The van der Waals surface area contributed by atoms with Crippen LogP contribution in [0.15, 0.2) is 15.9 Å². The number of aromatic nitrogens is 1. The highest BCUT2D eigenvalue weighted by Gasteiger charge is 2.23. The molecule has 0 saturated heterocycles. The molecule has 2 nitrogen and oxygen atoms in total. The first-order chi connectivity index (χ1) is 8.40. The molecule has 0 bridgehead atoms. The van der Waals surface area contributed by atoms with Crippen molar-refractivity contribution in [1.29, 1.82) is 0 Å². The minimum Gasteiger partial charge on any atom is -0.313 e. The minimum absolute atomic E-state index is 0.675. The molecule has 1 atom stereocenters. The lowest BCUT2D eigenvalue weighted by molar-refractivity contribution is 0.288. The molecule has 17 heavy (non-hydrogen) atoms. The van der Waals surface area contributed by atoms with Gasteiger partial charge in [-0.2, -0.15) is 0 Å². The van der Waals surface area contributed by atoms with E-state index in [1.165, 1.54) is 42.2 Å². The van der Waals surface area contributed by atoms with Crippen LogP contribution in [0, 0.1) is 5.92 Å². The number of thiazole rings is 1. The average Bonchev–Trinajstić information content (AvgIpc) is 2.88. The third-order valence-electron chi connectivity index (χ3n) is 3.48. The fourth-order valence-corrected chi connectivity index (χ4v) is 4.45. The Morgan fingerprint density at radius 1 is 1.47 bits per heavy atom. The summed E-state index contributed by atoms with van der Waals surface area (Å²) in [5, 5.41) is 5.73. The SMILES string of the molecule is CCNC(CSc1nccs1)C1CCCCC1. The molecule has 0 radical (unpaired) electrons. The summed E-state index contributed by atoms with van der Waals surface area (Å²) < 4.78 is 1.21. The maximum absolute atomic E-state index is 4.35. The Morgan fingerprint density at radius 3 is 2.94 bits per heavy atom. The van der Waals surface area contributed by atoms with Crippen LogP contribution in [0.3, 0.4) is 0 Å². The normalized spacial score (nSPS) is 19.4. The van der Waals surface area contributed by atoms with E-state index in [-0.39, 0.29) is 0 Å². The highest BCUT2D eigenvalue weighted by Crippen LogP contribution is 2.30. The van der Waals surface area contributed by atoms with Gasteiger partial charge in [0.2, 0.25) is 0 Å². The van der Waals surface area contributed by atoms with Crippen LogP contribution in [0.5, 0.6) is 0 Å². The minimum atomic E-state index is 0.675. The second-order valence-electron chi connectivity index (χ2n) is 4.67. The third-order valence-corrected chi connectivity index (χ3v) is 5.57. The van der Waals surface area contributed by atoms with Gasteiger partial charge in [-0.3, -0.25) is 0 Å². The van der Waals surface area contributed by atoms with Crippen molar-refractivity contribution in [3.63, 3.8) is 0 Å².